The first-order chi connectivity index (χ1) is 8.18. The molecule has 0 rings (SSSR count). The van der Waals surface area contributed by atoms with Crippen molar-refractivity contribution in [3.63, 3.8) is 0 Å². The normalized spacial score (nSPS) is 8.33. The molecule has 0 aromatic carbocycles. The second-order valence-electron chi connectivity index (χ2n) is 3.23. The molecule has 2 amide bonds. The average Bonchev–Trinajstić information content (AvgIpc) is 2.22. The fourth-order valence-electron chi connectivity index (χ4n) is 0.515. The first kappa shape index (κ1) is 18.1. The molecule has 0 aliphatic rings. The van der Waals surface area contributed by atoms with Crippen LogP contribution in [-0.4, -0.2) is 31.2 Å². The lowest BCUT2D eigenvalue weighted by Crippen LogP contribution is -2.18. The summed E-state index contributed by atoms with van der Waals surface area (Å²) in [5.74, 6) is -0.979. The molecule has 0 bridgehead atoms. The van der Waals surface area contributed by atoms with E-state index in [2.05, 4.69) is 34.1 Å². The standard InChI is InChI=1S/C10H14O4.CH4N2O/c1-7(2)9(11)13-5-6-14-10(12)8(3)4;2-1(3)4/h1,3,5-6H2,2,4H3;(H4,2,3,4). The number of hydrogen-bond acceptors (Lipinski definition) is 5. The van der Waals surface area contributed by atoms with E-state index in [1.54, 1.807) is 13.8 Å². The first-order valence-corrected chi connectivity index (χ1v) is 4.88. The summed E-state index contributed by atoms with van der Waals surface area (Å²) >= 11 is 0. The average molecular weight is 258 g/mol. The minimum absolute atomic E-state index is 0.0325. The fraction of sp³-hybridized carbons (Fsp3) is 0.364. The Hall–Kier alpha value is -2.31. The monoisotopic (exact) mass is 258 g/mol. The van der Waals surface area contributed by atoms with Crippen molar-refractivity contribution in [2.24, 2.45) is 11.5 Å². The Kier molecular flexibility index (Phi) is 9.92. The maximum absolute atomic E-state index is 10.8. The van der Waals surface area contributed by atoms with Crippen molar-refractivity contribution in [3.05, 3.63) is 24.3 Å². The van der Waals surface area contributed by atoms with E-state index in [0.717, 1.165) is 0 Å². The predicted octanol–water partition coefficient (Wildman–Crippen LogP) is 0.249. The molecule has 7 heteroatoms. The van der Waals surface area contributed by atoms with E-state index in [9.17, 15) is 9.59 Å². The van der Waals surface area contributed by atoms with Crippen LogP contribution in [0.15, 0.2) is 24.3 Å². The van der Waals surface area contributed by atoms with Crippen molar-refractivity contribution >= 4 is 18.0 Å². The van der Waals surface area contributed by atoms with Gasteiger partial charge in [-0.15, -0.1) is 0 Å². The lowest BCUT2D eigenvalue weighted by atomic mass is 10.4. The molecule has 0 aromatic rings. The van der Waals surface area contributed by atoms with Crippen LogP contribution in [0.25, 0.3) is 0 Å². The van der Waals surface area contributed by atoms with E-state index >= 15 is 0 Å². The molecular formula is C11H18N2O5. The van der Waals surface area contributed by atoms with Gasteiger partial charge < -0.3 is 20.9 Å². The van der Waals surface area contributed by atoms with Gasteiger partial charge in [-0.05, 0) is 13.8 Å². The van der Waals surface area contributed by atoms with Crippen molar-refractivity contribution in [2.75, 3.05) is 13.2 Å². The zero-order valence-electron chi connectivity index (χ0n) is 10.5. The third kappa shape index (κ3) is 13.7. The van der Waals surface area contributed by atoms with Gasteiger partial charge in [0.1, 0.15) is 13.2 Å². The summed E-state index contributed by atoms with van der Waals surface area (Å²) in [4.78, 5) is 30.7. The lowest BCUT2D eigenvalue weighted by Gasteiger charge is -2.05. The molecule has 0 spiro atoms. The number of amides is 2. The highest BCUT2D eigenvalue weighted by Gasteiger charge is 2.05. The van der Waals surface area contributed by atoms with E-state index in [-0.39, 0.29) is 13.2 Å². The van der Waals surface area contributed by atoms with E-state index in [1.165, 1.54) is 0 Å². The minimum atomic E-state index is -0.833. The van der Waals surface area contributed by atoms with Gasteiger partial charge in [0, 0.05) is 11.1 Å². The van der Waals surface area contributed by atoms with Crippen molar-refractivity contribution < 1.29 is 23.9 Å². The van der Waals surface area contributed by atoms with Gasteiger partial charge in [-0.1, -0.05) is 13.2 Å². The van der Waals surface area contributed by atoms with Crippen LogP contribution >= 0.6 is 0 Å². The SMILES string of the molecule is C=C(C)C(=O)OCCOC(=O)C(=C)C.NC(N)=O. The highest BCUT2D eigenvalue weighted by Crippen LogP contribution is 1.94. The number of carbonyl (C=O) groups is 3. The molecule has 0 aliphatic carbocycles. The molecule has 0 saturated carbocycles. The molecule has 0 unspecified atom stereocenters. The first-order valence-electron chi connectivity index (χ1n) is 4.88. The van der Waals surface area contributed by atoms with Crippen molar-refractivity contribution in [3.8, 4) is 0 Å². The Bertz CT molecular complexity index is 317. The van der Waals surface area contributed by atoms with Crippen molar-refractivity contribution in [2.45, 2.75) is 13.8 Å². The Balaban J connectivity index is 0. The molecule has 4 N–H and O–H groups in total. The van der Waals surface area contributed by atoms with Gasteiger partial charge >= 0.3 is 18.0 Å². The zero-order valence-corrected chi connectivity index (χ0v) is 10.5. The maximum atomic E-state index is 10.8. The highest BCUT2D eigenvalue weighted by molar-refractivity contribution is 5.87. The van der Waals surface area contributed by atoms with Gasteiger partial charge in [0.15, 0.2) is 0 Å². The summed E-state index contributed by atoms with van der Waals surface area (Å²) in [6.07, 6.45) is 0. The lowest BCUT2D eigenvalue weighted by molar-refractivity contribution is -0.147. The maximum Gasteiger partial charge on any atom is 0.333 e. The highest BCUT2D eigenvalue weighted by atomic mass is 16.6. The summed E-state index contributed by atoms with van der Waals surface area (Å²) in [6, 6.07) is -0.833. The second kappa shape index (κ2) is 9.88. The zero-order chi connectivity index (χ0) is 14.7. The van der Waals surface area contributed by atoms with Crippen LogP contribution in [0.5, 0.6) is 0 Å². The summed E-state index contributed by atoms with van der Waals surface area (Å²) in [5, 5.41) is 0. The molecule has 0 radical (unpaired) electrons. The van der Waals surface area contributed by atoms with E-state index in [1.807, 2.05) is 0 Å². The van der Waals surface area contributed by atoms with Crippen molar-refractivity contribution in [1.82, 2.24) is 0 Å². The van der Waals surface area contributed by atoms with Gasteiger partial charge in [-0.2, -0.15) is 0 Å². The third-order valence-corrected chi connectivity index (χ3v) is 1.25. The van der Waals surface area contributed by atoms with Gasteiger partial charge in [0.05, 0.1) is 0 Å². The number of urea groups is 1. The van der Waals surface area contributed by atoms with Crippen LogP contribution in [-0.2, 0) is 19.1 Å². The van der Waals surface area contributed by atoms with Crippen LogP contribution in [0.3, 0.4) is 0 Å². The number of ether oxygens (including phenoxy) is 2. The van der Waals surface area contributed by atoms with Gasteiger partial charge in [-0.3, -0.25) is 0 Å². The number of primary amides is 2. The molecule has 0 aliphatic heterocycles. The molecule has 0 heterocycles. The second-order valence-corrected chi connectivity index (χ2v) is 3.23. The molecule has 18 heavy (non-hydrogen) atoms. The summed E-state index contributed by atoms with van der Waals surface area (Å²) in [7, 11) is 0. The molecule has 0 atom stereocenters. The van der Waals surface area contributed by atoms with Crippen LogP contribution < -0.4 is 11.5 Å². The van der Waals surface area contributed by atoms with E-state index < -0.39 is 18.0 Å². The Morgan fingerprint density at radius 2 is 1.11 bits per heavy atom. The fourth-order valence-corrected chi connectivity index (χ4v) is 0.515. The smallest absolute Gasteiger partial charge is 0.333 e. The van der Waals surface area contributed by atoms with E-state index in [0.29, 0.717) is 11.1 Å². The Morgan fingerprint density at radius 1 is 0.889 bits per heavy atom. The predicted molar refractivity (Wildman–Crippen MR) is 65.3 cm³/mol. The van der Waals surface area contributed by atoms with E-state index in [4.69, 9.17) is 4.79 Å². The van der Waals surface area contributed by atoms with Gasteiger partial charge in [0.25, 0.3) is 0 Å². The molecular weight excluding hydrogens is 240 g/mol. The summed E-state index contributed by atoms with van der Waals surface area (Å²) < 4.78 is 9.38. The molecule has 0 saturated heterocycles. The summed E-state index contributed by atoms with van der Waals surface area (Å²) in [6.45, 7) is 9.95. The van der Waals surface area contributed by atoms with Crippen molar-refractivity contribution in [1.29, 1.82) is 0 Å². The quantitative estimate of drug-likeness (QED) is 0.416. The Morgan fingerprint density at radius 3 is 1.28 bits per heavy atom. The molecule has 0 fully saturated rings. The molecule has 7 nitrogen and oxygen atoms in total. The topological polar surface area (TPSA) is 122 Å². The van der Waals surface area contributed by atoms with Crippen LogP contribution in [0, 0.1) is 0 Å². The Labute approximate surface area is 105 Å². The summed E-state index contributed by atoms with van der Waals surface area (Å²) in [5.41, 5.74) is 9.13. The number of hydrogen-bond donors (Lipinski definition) is 2. The molecule has 102 valence electrons. The van der Waals surface area contributed by atoms with Crippen LogP contribution in [0.1, 0.15) is 13.8 Å². The van der Waals surface area contributed by atoms with Gasteiger partial charge in [0.2, 0.25) is 0 Å². The number of carbonyl (C=O) groups excluding carboxylic acids is 3. The number of rotatable bonds is 5. The largest absolute Gasteiger partial charge is 0.459 e. The number of esters is 2. The van der Waals surface area contributed by atoms with Crippen LogP contribution in [0.4, 0.5) is 4.79 Å². The van der Waals surface area contributed by atoms with Gasteiger partial charge in [-0.25, -0.2) is 14.4 Å². The molecule has 0 aromatic heterocycles. The third-order valence-electron chi connectivity index (χ3n) is 1.25. The minimum Gasteiger partial charge on any atom is -0.459 e. The van der Waals surface area contributed by atoms with Crippen LogP contribution in [0.2, 0.25) is 0 Å². The number of nitrogens with two attached hydrogens (primary N) is 2.